The molecule has 0 bridgehead atoms. The highest BCUT2D eigenvalue weighted by atomic mass is 35.5. The van der Waals surface area contributed by atoms with Gasteiger partial charge in [-0.25, -0.2) is 19.3 Å². The molecule has 1 fully saturated rings. The van der Waals surface area contributed by atoms with Gasteiger partial charge in [-0.1, -0.05) is 11.6 Å². The van der Waals surface area contributed by atoms with Crippen LogP contribution in [-0.4, -0.2) is 39.6 Å². The topological polar surface area (TPSA) is 78.5 Å². The maximum atomic E-state index is 14.0. The molecule has 1 aliphatic heterocycles. The highest BCUT2D eigenvalue weighted by Crippen LogP contribution is 2.28. The van der Waals surface area contributed by atoms with E-state index in [1.165, 1.54) is 6.20 Å². The zero-order chi connectivity index (χ0) is 16.5. The van der Waals surface area contributed by atoms with Crippen molar-refractivity contribution in [2.75, 3.05) is 25.0 Å². The monoisotopic (exact) mass is 346 g/mol. The second-order valence-electron chi connectivity index (χ2n) is 5.88. The molecule has 0 spiro atoms. The number of fused-ring (bicyclic) bond motifs is 1. The third-order valence-corrected chi connectivity index (χ3v) is 4.41. The first-order valence-electron chi connectivity index (χ1n) is 7.81. The standard InChI is InChI=1S/C16H16ClFN6/c17-10-3-11-12(7-22-14(11)21-6-10)15-23-8-13(18)16(24-15)20-5-9-1-2-19-4-9/h3,6-9,19H,1-2,4-5H2,(H,21,22)(H,20,23,24). The summed E-state index contributed by atoms with van der Waals surface area (Å²) in [6.45, 7) is 2.63. The van der Waals surface area contributed by atoms with Crippen molar-refractivity contribution >= 4 is 28.5 Å². The molecule has 0 saturated carbocycles. The fourth-order valence-electron chi connectivity index (χ4n) is 2.91. The van der Waals surface area contributed by atoms with Gasteiger partial charge in [0, 0.05) is 29.9 Å². The van der Waals surface area contributed by atoms with Crippen molar-refractivity contribution in [3.63, 3.8) is 0 Å². The SMILES string of the molecule is Fc1cnc(-c2c[nH]c3ncc(Cl)cc23)nc1NCC1CCNC1. The normalized spacial score (nSPS) is 17.5. The summed E-state index contributed by atoms with van der Waals surface area (Å²) in [6, 6.07) is 1.79. The van der Waals surface area contributed by atoms with Crippen molar-refractivity contribution < 1.29 is 4.39 Å². The van der Waals surface area contributed by atoms with Crippen molar-refractivity contribution in [3.05, 3.63) is 35.5 Å². The number of aromatic nitrogens is 4. The van der Waals surface area contributed by atoms with Crippen LogP contribution >= 0.6 is 11.6 Å². The molecule has 3 N–H and O–H groups in total. The van der Waals surface area contributed by atoms with Gasteiger partial charge in [0.25, 0.3) is 0 Å². The molecule has 6 nitrogen and oxygen atoms in total. The zero-order valence-corrected chi connectivity index (χ0v) is 13.6. The fraction of sp³-hybridized carbons (Fsp3) is 0.312. The van der Waals surface area contributed by atoms with E-state index >= 15 is 0 Å². The molecule has 4 rings (SSSR count). The summed E-state index contributed by atoms with van der Waals surface area (Å²) in [5.41, 5.74) is 1.43. The minimum Gasteiger partial charge on any atom is -0.367 e. The van der Waals surface area contributed by atoms with E-state index in [1.807, 2.05) is 0 Å². The summed E-state index contributed by atoms with van der Waals surface area (Å²) in [5.74, 6) is 0.676. The van der Waals surface area contributed by atoms with Crippen LogP contribution in [0.25, 0.3) is 22.4 Å². The second kappa shape index (κ2) is 6.33. The van der Waals surface area contributed by atoms with Gasteiger partial charge >= 0.3 is 0 Å². The Balaban J connectivity index is 1.65. The zero-order valence-electron chi connectivity index (χ0n) is 12.8. The van der Waals surface area contributed by atoms with Crippen molar-refractivity contribution in [1.82, 2.24) is 25.3 Å². The predicted molar refractivity (Wildman–Crippen MR) is 91.6 cm³/mol. The lowest BCUT2D eigenvalue weighted by Gasteiger charge is -2.11. The number of nitrogens with one attached hydrogen (secondary N) is 3. The molecule has 3 aromatic heterocycles. The Morgan fingerprint density at radius 3 is 3.08 bits per heavy atom. The highest BCUT2D eigenvalue weighted by Gasteiger charge is 2.17. The van der Waals surface area contributed by atoms with Gasteiger partial charge in [0.05, 0.1) is 11.2 Å². The van der Waals surface area contributed by atoms with Gasteiger partial charge in [0.1, 0.15) is 5.65 Å². The molecule has 1 saturated heterocycles. The van der Waals surface area contributed by atoms with E-state index in [0.717, 1.165) is 30.5 Å². The van der Waals surface area contributed by atoms with Gasteiger partial charge in [0.2, 0.25) is 0 Å². The number of pyridine rings is 1. The second-order valence-corrected chi connectivity index (χ2v) is 6.32. The molecule has 0 aromatic carbocycles. The minimum atomic E-state index is -0.458. The average Bonchev–Trinajstić information content (AvgIpc) is 3.23. The lowest BCUT2D eigenvalue weighted by Crippen LogP contribution is -2.18. The third-order valence-electron chi connectivity index (χ3n) is 4.20. The number of H-pyrrole nitrogens is 1. The maximum Gasteiger partial charge on any atom is 0.183 e. The smallest absolute Gasteiger partial charge is 0.183 e. The molecule has 1 aliphatic rings. The Hall–Kier alpha value is -2.25. The Labute approximate surface area is 142 Å². The van der Waals surface area contributed by atoms with E-state index in [-0.39, 0.29) is 5.82 Å². The van der Waals surface area contributed by atoms with Crippen LogP contribution in [-0.2, 0) is 0 Å². The van der Waals surface area contributed by atoms with Crippen LogP contribution in [0.1, 0.15) is 6.42 Å². The molecule has 0 amide bonds. The fourth-order valence-corrected chi connectivity index (χ4v) is 3.07. The summed E-state index contributed by atoms with van der Waals surface area (Å²) in [5, 5.41) is 7.72. The first-order valence-corrected chi connectivity index (χ1v) is 8.18. The lowest BCUT2D eigenvalue weighted by molar-refractivity contribution is 0.594. The summed E-state index contributed by atoms with van der Waals surface area (Å²) < 4.78 is 14.0. The van der Waals surface area contributed by atoms with Crippen molar-refractivity contribution in [3.8, 4) is 11.4 Å². The number of halogens is 2. The van der Waals surface area contributed by atoms with E-state index in [0.29, 0.717) is 29.0 Å². The van der Waals surface area contributed by atoms with Crippen LogP contribution in [0, 0.1) is 11.7 Å². The number of hydrogen-bond donors (Lipinski definition) is 3. The van der Waals surface area contributed by atoms with Crippen LogP contribution in [0.4, 0.5) is 10.2 Å². The molecule has 8 heteroatoms. The molecule has 0 radical (unpaired) electrons. The van der Waals surface area contributed by atoms with Gasteiger partial charge in [-0.3, -0.25) is 0 Å². The van der Waals surface area contributed by atoms with Crippen molar-refractivity contribution in [2.24, 2.45) is 5.92 Å². The molecule has 24 heavy (non-hydrogen) atoms. The number of rotatable bonds is 4. The minimum absolute atomic E-state index is 0.219. The summed E-state index contributed by atoms with van der Waals surface area (Å²) in [6.07, 6.45) is 5.60. The Morgan fingerprint density at radius 2 is 2.25 bits per heavy atom. The van der Waals surface area contributed by atoms with Gasteiger partial charge in [-0.05, 0) is 31.5 Å². The third kappa shape index (κ3) is 2.92. The van der Waals surface area contributed by atoms with Crippen LogP contribution in [0.15, 0.2) is 24.7 Å². The quantitative estimate of drug-likeness (QED) is 0.677. The van der Waals surface area contributed by atoms with Crippen LogP contribution in [0.5, 0.6) is 0 Å². The largest absolute Gasteiger partial charge is 0.367 e. The molecule has 1 atom stereocenters. The Kier molecular flexibility index (Phi) is 4.03. The average molecular weight is 347 g/mol. The predicted octanol–water partition coefficient (Wildman–Crippen LogP) is 2.83. The summed E-state index contributed by atoms with van der Waals surface area (Å²) in [4.78, 5) is 15.7. The Morgan fingerprint density at radius 1 is 1.33 bits per heavy atom. The summed E-state index contributed by atoms with van der Waals surface area (Å²) >= 11 is 6.02. The molecule has 3 aromatic rings. The van der Waals surface area contributed by atoms with Gasteiger partial charge < -0.3 is 15.6 Å². The number of aromatic amines is 1. The van der Waals surface area contributed by atoms with E-state index < -0.39 is 5.82 Å². The highest BCUT2D eigenvalue weighted by molar-refractivity contribution is 6.31. The van der Waals surface area contributed by atoms with Crippen molar-refractivity contribution in [1.29, 1.82) is 0 Å². The Bertz CT molecular complexity index is 874. The van der Waals surface area contributed by atoms with E-state index in [4.69, 9.17) is 11.6 Å². The number of anilines is 1. The van der Waals surface area contributed by atoms with Gasteiger partial charge in [-0.15, -0.1) is 0 Å². The van der Waals surface area contributed by atoms with Crippen LogP contribution < -0.4 is 10.6 Å². The number of hydrogen-bond acceptors (Lipinski definition) is 5. The van der Waals surface area contributed by atoms with Crippen molar-refractivity contribution in [2.45, 2.75) is 6.42 Å². The first kappa shape index (κ1) is 15.3. The molecule has 1 unspecified atom stereocenters. The van der Waals surface area contributed by atoms with Crippen LogP contribution in [0.2, 0.25) is 5.02 Å². The maximum absolute atomic E-state index is 14.0. The molecule has 124 valence electrons. The van der Waals surface area contributed by atoms with Crippen LogP contribution in [0.3, 0.4) is 0 Å². The van der Waals surface area contributed by atoms with E-state index in [9.17, 15) is 4.39 Å². The molecule has 0 aliphatic carbocycles. The molecular weight excluding hydrogens is 331 g/mol. The lowest BCUT2D eigenvalue weighted by atomic mass is 10.1. The first-order chi connectivity index (χ1) is 11.7. The van der Waals surface area contributed by atoms with Gasteiger partial charge in [-0.2, -0.15) is 0 Å². The molecular formula is C16H16ClFN6. The summed E-state index contributed by atoms with van der Waals surface area (Å²) in [7, 11) is 0. The van der Waals surface area contributed by atoms with E-state index in [2.05, 4.69) is 30.6 Å². The van der Waals surface area contributed by atoms with E-state index in [1.54, 1.807) is 18.5 Å². The number of nitrogens with zero attached hydrogens (tertiary/aromatic N) is 3. The van der Waals surface area contributed by atoms with Gasteiger partial charge in [0.15, 0.2) is 17.5 Å². The molecule has 4 heterocycles.